The Balaban J connectivity index is 1.87. The van der Waals surface area contributed by atoms with Gasteiger partial charge in [-0.3, -0.25) is 4.72 Å². The molecule has 0 bridgehead atoms. The smallest absolute Gasteiger partial charge is 0.232 e. The van der Waals surface area contributed by atoms with Gasteiger partial charge in [-0.1, -0.05) is 13.8 Å². The van der Waals surface area contributed by atoms with Crippen LogP contribution in [0.15, 0.2) is 24.3 Å². The fraction of sp³-hybridized carbons (Fsp3) is 0.600. The molecule has 5 heteroatoms. The van der Waals surface area contributed by atoms with E-state index in [1.54, 1.807) is 19.1 Å². The SMILES string of the molecule is CCS(=O)(=O)Nc1ccc(NC2CC(C(C)C)C2)cc1. The van der Waals surface area contributed by atoms with Crippen molar-refractivity contribution in [3.05, 3.63) is 24.3 Å². The first-order chi connectivity index (χ1) is 9.39. The van der Waals surface area contributed by atoms with Gasteiger partial charge in [0.2, 0.25) is 10.0 Å². The van der Waals surface area contributed by atoms with Crippen molar-refractivity contribution in [2.24, 2.45) is 11.8 Å². The Morgan fingerprint density at radius 1 is 1.15 bits per heavy atom. The topological polar surface area (TPSA) is 58.2 Å². The van der Waals surface area contributed by atoms with Crippen LogP contribution >= 0.6 is 0 Å². The fourth-order valence-electron chi connectivity index (χ4n) is 2.45. The molecule has 1 fully saturated rings. The van der Waals surface area contributed by atoms with Crippen molar-refractivity contribution in [1.82, 2.24) is 0 Å². The van der Waals surface area contributed by atoms with E-state index in [-0.39, 0.29) is 5.75 Å². The molecule has 1 aromatic rings. The van der Waals surface area contributed by atoms with E-state index in [1.165, 1.54) is 12.8 Å². The largest absolute Gasteiger partial charge is 0.382 e. The first-order valence-corrected chi connectivity index (χ1v) is 8.92. The summed E-state index contributed by atoms with van der Waals surface area (Å²) in [5.41, 5.74) is 1.67. The Morgan fingerprint density at radius 2 is 1.70 bits per heavy atom. The van der Waals surface area contributed by atoms with Gasteiger partial charge in [0.1, 0.15) is 0 Å². The summed E-state index contributed by atoms with van der Waals surface area (Å²) < 4.78 is 25.5. The highest BCUT2D eigenvalue weighted by Crippen LogP contribution is 2.35. The summed E-state index contributed by atoms with van der Waals surface area (Å²) >= 11 is 0. The van der Waals surface area contributed by atoms with Crippen molar-refractivity contribution in [2.45, 2.75) is 39.7 Å². The molecule has 0 unspecified atom stereocenters. The van der Waals surface area contributed by atoms with E-state index in [0.717, 1.165) is 17.5 Å². The molecule has 0 atom stereocenters. The molecule has 2 N–H and O–H groups in total. The van der Waals surface area contributed by atoms with Gasteiger partial charge in [-0.25, -0.2) is 8.42 Å². The predicted octanol–water partition coefficient (Wildman–Crippen LogP) is 3.29. The zero-order valence-corrected chi connectivity index (χ0v) is 13.2. The van der Waals surface area contributed by atoms with E-state index in [4.69, 9.17) is 0 Å². The van der Waals surface area contributed by atoms with E-state index in [0.29, 0.717) is 11.7 Å². The maximum atomic E-state index is 11.5. The van der Waals surface area contributed by atoms with Crippen molar-refractivity contribution >= 4 is 21.4 Å². The summed E-state index contributed by atoms with van der Waals surface area (Å²) in [6.07, 6.45) is 2.45. The minimum absolute atomic E-state index is 0.0890. The highest BCUT2D eigenvalue weighted by atomic mass is 32.2. The van der Waals surface area contributed by atoms with Crippen LogP contribution in [0.4, 0.5) is 11.4 Å². The lowest BCUT2D eigenvalue weighted by atomic mass is 9.73. The number of nitrogens with one attached hydrogen (secondary N) is 2. The summed E-state index contributed by atoms with van der Waals surface area (Å²) in [7, 11) is -3.19. The first kappa shape index (κ1) is 15.2. The highest BCUT2D eigenvalue weighted by molar-refractivity contribution is 7.92. The van der Waals surface area contributed by atoms with Crippen LogP contribution in [0.1, 0.15) is 33.6 Å². The van der Waals surface area contributed by atoms with E-state index in [1.807, 2.05) is 12.1 Å². The van der Waals surface area contributed by atoms with Gasteiger partial charge >= 0.3 is 0 Å². The van der Waals surface area contributed by atoms with Gasteiger partial charge in [-0.05, 0) is 55.9 Å². The first-order valence-electron chi connectivity index (χ1n) is 7.26. The van der Waals surface area contributed by atoms with Gasteiger partial charge in [0.25, 0.3) is 0 Å². The van der Waals surface area contributed by atoms with Gasteiger partial charge in [-0.15, -0.1) is 0 Å². The third kappa shape index (κ3) is 3.88. The van der Waals surface area contributed by atoms with Crippen LogP contribution in [0.5, 0.6) is 0 Å². The summed E-state index contributed by atoms with van der Waals surface area (Å²) in [6, 6.07) is 8.01. The molecule has 0 amide bonds. The van der Waals surface area contributed by atoms with Gasteiger partial charge in [0.05, 0.1) is 5.75 Å². The molecule has 1 aromatic carbocycles. The monoisotopic (exact) mass is 296 g/mol. The summed E-state index contributed by atoms with van der Waals surface area (Å²) in [4.78, 5) is 0. The average molecular weight is 296 g/mol. The maximum Gasteiger partial charge on any atom is 0.232 e. The molecule has 1 saturated carbocycles. The molecule has 0 radical (unpaired) electrons. The predicted molar refractivity (Wildman–Crippen MR) is 84.5 cm³/mol. The minimum Gasteiger partial charge on any atom is -0.382 e. The minimum atomic E-state index is -3.19. The Kier molecular flexibility index (Phi) is 4.58. The lowest BCUT2D eigenvalue weighted by Crippen LogP contribution is -2.37. The van der Waals surface area contributed by atoms with Gasteiger partial charge in [0.15, 0.2) is 0 Å². The molecule has 1 aliphatic rings. The lowest BCUT2D eigenvalue weighted by Gasteiger charge is -2.39. The number of hydrogen-bond donors (Lipinski definition) is 2. The van der Waals surface area contributed by atoms with Crippen LogP contribution in [-0.2, 0) is 10.0 Å². The second kappa shape index (κ2) is 6.04. The molecule has 0 spiro atoms. The van der Waals surface area contributed by atoms with Crippen LogP contribution in [0.2, 0.25) is 0 Å². The van der Waals surface area contributed by atoms with Crippen LogP contribution < -0.4 is 10.0 Å². The highest BCUT2D eigenvalue weighted by Gasteiger charge is 2.30. The van der Waals surface area contributed by atoms with Crippen LogP contribution in [0.3, 0.4) is 0 Å². The summed E-state index contributed by atoms with van der Waals surface area (Å²) in [5, 5.41) is 3.49. The Morgan fingerprint density at radius 3 is 2.20 bits per heavy atom. The van der Waals surface area contributed by atoms with Crippen molar-refractivity contribution in [1.29, 1.82) is 0 Å². The van der Waals surface area contributed by atoms with Crippen molar-refractivity contribution in [3.63, 3.8) is 0 Å². The molecule has 0 heterocycles. The molecular formula is C15H24N2O2S. The molecular weight excluding hydrogens is 272 g/mol. The molecule has 0 aromatic heterocycles. The van der Waals surface area contributed by atoms with Gasteiger partial charge in [0, 0.05) is 17.4 Å². The average Bonchev–Trinajstić information content (AvgIpc) is 2.34. The molecule has 1 aliphatic carbocycles. The summed E-state index contributed by atoms with van der Waals surface area (Å²) in [6.45, 7) is 6.17. The Bertz CT molecular complexity index is 531. The number of benzene rings is 1. The van der Waals surface area contributed by atoms with E-state index in [2.05, 4.69) is 23.9 Å². The Labute approximate surface area is 122 Å². The lowest BCUT2D eigenvalue weighted by molar-refractivity contribution is 0.212. The zero-order valence-electron chi connectivity index (χ0n) is 12.4. The summed E-state index contributed by atoms with van der Waals surface area (Å²) in [5.74, 6) is 1.69. The van der Waals surface area contributed by atoms with Crippen LogP contribution in [0, 0.1) is 11.8 Å². The molecule has 20 heavy (non-hydrogen) atoms. The number of rotatable bonds is 6. The molecule has 4 nitrogen and oxygen atoms in total. The molecule has 112 valence electrons. The fourth-order valence-corrected chi connectivity index (χ4v) is 3.09. The van der Waals surface area contributed by atoms with Gasteiger partial charge < -0.3 is 5.32 Å². The van der Waals surface area contributed by atoms with Crippen molar-refractivity contribution < 1.29 is 8.42 Å². The third-order valence-electron chi connectivity index (χ3n) is 4.03. The standard InChI is InChI=1S/C15H24N2O2S/c1-4-20(18,19)17-14-7-5-13(6-8-14)16-15-9-12(10-15)11(2)3/h5-8,11-12,15-17H,4,9-10H2,1-3H3. The van der Waals surface area contributed by atoms with Crippen molar-refractivity contribution in [3.8, 4) is 0 Å². The van der Waals surface area contributed by atoms with E-state index in [9.17, 15) is 8.42 Å². The molecule has 2 rings (SSSR count). The quantitative estimate of drug-likeness (QED) is 0.847. The second-order valence-corrected chi connectivity index (χ2v) is 7.91. The maximum absolute atomic E-state index is 11.5. The van der Waals surface area contributed by atoms with Gasteiger partial charge in [-0.2, -0.15) is 0 Å². The normalized spacial score (nSPS) is 22.4. The zero-order chi connectivity index (χ0) is 14.8. The van der Waals surface area contributed by atoms with Crippen molar-refractivity contribution in [2.75, 3.05) is 15.8 Å². The van der Waals surface area contributed by atoms with Crippen LogP contribution in [-0.4, -0.2) is 20.2 Å². The Hall–Kier alpha value is -1.23. The van der Waals surface area contributed by atoms with E-state index >= 15 is 0 Å². The van der Waals surface area contributed by atoms with E-state index < -0.39 is 10.0 Å². The number of anilines is 2. The number of sulfonamides is 1. The third-order valence-corrected chi connectivity index (χ3v) is 5.33. The number of hydrogen-bond acceptors (Lipinski definition) is 3. The molecule has 0 saturated heterocycles. The second-order valence-electron chi connectivity index (χ2n) is 5.90. The van der Waals surface area contributed by atoms with Crippen LogP contribution in [0.25, 0.3) is 0 Å². The molecule has 0 aliphatic heterocycles.